The van der Waals surface area contributed by atoms with Gasteiger partial charge in [-0.25, -0.2) is 4.98 Å². The molecule has 4 rings (SSSR count). The third kappa shape index (κ3) is 4.33. The highest BCUT2D eigenvalue weighted by Crippen LogP contribution is 2.32. The number of thiazole rings is 1. The maximum atomic E-state index is 12.7. The summed E-state index contributed by atoms with van der Waals surface area (Å²) in [6, 6.07) is 4.48. The number of hydrogen-bond acceptors (Lipinski definition) is 7. The number of amides is 2. The SMILES string of the molecule is Cc1cc(NC(=O)c2cccn(CC(=O)Nc3nc4c(s3)CC(C)CC4)c2=O)no1. The van der Waals surface area contributed by atoms with Crippen LogP contribution in [0.1, 0.15) is 40.0 Å². The third-order valence-corrected chi connectivity index (χ3v) is 5.92. The van der Waals surface area contributed by atoms with Crippen LogP contribution in [0.2, 0.25) is 0 Å². The van der Waals surface area contributed by atoms with Gasteiger partial charge in [-0.1, -0.05) is 12.1 Å². The highest BCUT2D eigenvalue weighted by molar-refractivity contribution is 7.15. The summed E-state index contributed by atoms with van der Waals surface area (Å²) >= 11 is 1.48. The van der Waals surface area contributed by atoms with E-state index >= 15 is 0 Å². The van der Waals surface area contributed by atoms with Crippen LogP contribution in [0.4, 0.5) is 10.9 Å². The smallest absolute Gasteiger partial charge is 0.263 e. The Morgan fingerprint density at radius 1 is 1.37 bits per heavy atom. The topological polar surface area (TPSA) is 119 Å². The van der Waals surface area contributed by atoms with Crippen LogP contribution in [0.25, 0.3) is 0 Å². The van der Waals surface area contributed by atoms with Crippen molar-refractivity contribution in [2.24, 2.45) is 5.92 Å². The monoisotopic (exact) mass is 427 g/mol. The molecule has 0 aliphatic heterocycles. The largest absolute Gasteiger partial charge is 0.360 e. The van der Waals surface area contributed by atoms with Gasteiger partial charge in [0.1, 0.15) is 17.9 Å². The molecule has 1 aliphatic rings. The summed E-state index contributed by atoms with van der Waals surface area (Å²) in [4.78, 5) is 43.2. The van der Waals surface area contributed by atoms with Gasteiger partial charge in [-0.05, 0) is 44.2 Å². The second-order valence-electron chi connectivity index (χ2n) is 7.42. The van der Waals surface area contributed by atoms with E-state index in [-0.39, 0.29) is 23.8 Å². The first-order valence-electron chi connectivity index (χ1n) is 9.61. The average Bonchev–Trinajstić information content (AvgIpc) is 3.28. The van der Waals surface area contributed by atoms with E-state index in [0.717, 1.165) is 25.0 Å². The van der Waals surface area contributed by atoms with Crippen LogP contribution < -0.4 is 16.2 Å². The Morgan fingerprint density at radius 2 is 2.20 bits per heavy atom. The van der Waals surface area contributed by atoms with Gasteiger partial charge in [-0.15, -0.1) is 11.3 Å². The molecule has 3 heterocycles. The van der Waals surface area contributed by atoms with Gasteiger partial charge in [-0.2, -0.15) is 0 Å². The van der Waals surface area contributed by atoms with Gasteiger partial charge in [0.05, 0.1) is 5.69 Å². The zero-order valence-corrected chi connectivity index (χ0v) is 17.4. The van der Waals surface area contributed by atoms with Crippen molar-refractivity contribution in [2.45, 2.75) is 39.7 Å². The Morgan fingerprint density at radius 3 is 2.97 bits per heavy atom. The summed E-state index contributed by atoms with van der Waals surface area (Å²) in [5.74, 6) is 0.374. The normalized spacial score (nSPS) is 15.5. The Kier molecular flexibility index (Phi) is 5.49. The van der Waals surface area contributed by atoms with E-state index in [0.29, 0.717) is 16.8 Å². The predicted octanol–water partition coefficient (Wildman–Crippen LogP) is 2.62. The molecule has 9 nitrogen and oxygen atoms in total. The number of nitrogens with one attached hydrogen (secondary N) is 2. The van der Waals surface area contributed by atoms with Crippen molar-refractivity contribution in [2.75, 3.05) is 10.6 Å². The molecule has 0 aromatic carbocycles. The van der Waals surface area contributed by atoms with Crippen LogP contribution >= 0.6 is 11.3 Å². The molecule has 3 aromatic rings. The summed E-state index contributed by atoms with van der Waals surface area (Å²) in [5.41, 5.74) is 0.384. The highest BCUT2D eigenvalue weighted by Gasteiger charge is 2.21. The Bertz CT molecular complexity index is 1160. The minimum Gasteiger partial charge on any atom is -0.360 e. The fraction of sp³-hybridized carbons (Fsp3) is 0.350. The lowest BCUT2D eigenvalue weighted by molar-refractivity contribution is -0.116. The predicted molar refractivity (Wildman–Crippen MR) is 112 cm³/mol. The van der Waals surface area contributed by atoms with Crippen molar-refractivity contribution in [1.29, 1.82) is 0 Å². The summed E-state index contributed by atoms with van der Waals surface area (Å²) in [6.45, 7) is 3.68. The molecular formula is C20H21N5O4S. The van der Waals surface area contributed by atoms with Crippen LogP contribution in [0.3, 0.4) is 0 Å². The lowest BCUT2D eigenvalue weighted by atomic mass is 9.93. The van der Waals surface area contributed by atoms with Crippen LogP contribution in [0.5, 0.6) is 0 Å². The van der Waals surface area contributed by atoms with E-state index in [1.807, 2.05) is 0 Å². The second kappa shape index (κ2) is 8.23. The van der Waals surface area contributed by atoms with E-state index in [4.69, 9.17) is 4.52 Å². The second-order valence-corrected chi connectivity index (χ2v) is 8.50. The van der Waals surface area contributed by atoms with Gasteiger partial charge in [0.25, 0.3) is 11.5 Å². The van der Waals surface area contributed by atoms with Gasteiger partial charge in [0, 0.05) is 17.1 Å². The number of pyridine rings is 1. The highest BCUT2D eigenvalue weighted by atomic mass is 32.1. The van der Waals surface area contributed by atoms with E-state index in [1.54, 1.807) is 19.1 Å². The molecule has 2 amide bonds. The van der Waals surface area contributed by atoms with Crippen molar-refractivity contribution in [3.8, 4) is 0 Å². The van der Waals surface area contributed by atoms with Crippen molar-refractivity contribution in [3.05, 3.63) is 56.6 Å². The van der Waals surface area contributed by atoms with Crippen LogP contribution in [0, 0.1) is 12.8 Å². The number of fused-ring (bicyclic) bond motifs is 1. The molecule has 10 heteroatoms. The van der Waals surface area contributed by atoms with Crippen molar-refractivity contribution in [3.63, 3.8) is 0 Å². The molecule has 0 radical (unpaired) electrons. The Hall–Kier alpha value is -3.27. The first-order valence-corrected chi connectivity index (χ1v) is 10.4. The number of carbonyl (C=O) groups excluding carboxylic acids is 2. The van der Waals surface area contributed by atoms with Crippen molar-refractivity contribution in [1.82, 2.24) is 14.7 Å². The molecule has 1 atom stereocenters. The summed E-state index contributed by atoms with van der Waals surface area (Å²) in [6.07, 6.45) is 4.46. The molecule has 1 unspecified atom stereocenters. The lowest BCUT2D eigenvalue weighted by Gasteiger charge is -2.15. The molecule has 0 spiro atoms. The number of aromatic nitrogens is 3. The van der Waals surface area contributed by atoms with Gasteiger partial charge in [0.2, 0.25) is 5.91 Å². The van der Waals surface area contributed by atoms with Crippen LogP contribution in [-0.2, 0) is 24.2 Å². The number of aryl methyl sites for hydroxylation is 2. The zero-order chi connectivity index (χ0) is 21.3. The molecule has 0 saturated carbocycles. The van der Waals surface area contributed by atoms with Crippen LogP contribution in [0.15, 0.2) is 33.7 Å². The molecule has 0 fully saturated rings. The number of hydrogen-bond donors (Lipinski definition) is 2. The van der Waals surface area contributed by atoms with Gasteiger partial charge in [-0.3, -0.25) is 14.4 Å². The van der Waals surface area contributed by atoms with Crippen molar-refractivity contribution >= 4 is 34.1 Å². The number of nitrogens with zero attached hydrogens (tertiary/aromatic N) is 3. The Balaban J connectivity index is 1.44. The maximum absolute atomic E-state index is 12.7. The third-order valence-electron chi connectivity index (χ3n) is 4.88. The minimum absolute atomic E-state index is 0.0929. The molecule has 0 bridgehead atoms. The molecule has 1 aliphatic carbocycles. The number of rotatable bonds is 5. The minimum atomic E-state index is -0.621. The maximum Gasteiger partial charge on any atom is 0.263 e. The van der Waals surface area contributed by atoms with E-state index in [2.05, 4.69) is 27.7 Å². The van der Waals surface area contributed by atoms with Gasteiger partial charge < -0.3 is 19.7 Å². The van der Waals surface area contributed by atoms with E-state index < -0.39 is 11.5 Å². The first kappa shape index (κ1) is 20.0. The average molecular weight is 427 g/mol. The molecule has 2 N–H and O–H groups in total. The van der Waals surface area contributed by atoms with Gasteiger partial charge >= 0.3 is 0 Å². The molecule has 3 aromatic heterocycles. The number of anilines is 2. The lowest BCUT2D eigenvalue weighted by Crippen LogP contribution is -2.32. The van der Waals surface area contributed by atoms with Crippen molar-refractivity contribution < 1.29 is 14.1 Å². The standard InChI is InChI=1S/C20H21N5O4S/c1-11-5-6-14-15(8-11)30-20(21-14)23-17(26)10-25-7-3-4-13(19(25)28)18(27)22-16-9-12(2)29-24-16/h3-4,7,9,11H,5-6,8,10H2,1-2H3,(H,21,23,26)(H,22,24,27). The van der Waals surface area contributed by atoms with Crippen LogP contribution in [-0.4, -0.2) is 26.5 Å². The van der Waals surface area contributed by atoms with E-state index in [1.165, 1.54) is 33.0 Å². The fourth-order valence-electron chi connectivity index (χ4n) is 3.35. The first-order chi connectivity index (χ1) is 14.4. The molecular weight excluding hydrogens is 406 g/mol. The molecule has 30 heavy (non-hydrogen) atoms. The summed E-state index contributed by atoms with van der Waals surface area (Å²) < 4.78 is 6.08. The van der Waals surface area contributed by atoms with E-state index in [9.17, 15) is 14.4 Å². The quantitative estimate of drug-likeness (QED) is 0.646. The summed E-state index contributed by atoms with van der Waals surface area (Å²) in [5, 5.41) is 9.49. The zero-order valence-electron chi connectivity index (χ0n) is 16.6. The number of carbonyl (C=O) groups is 2. The fourth-order valence-corrected chi connectivity index (χ4v) is 4.54. The molecule has 156 valence electrons. The Labute approximate surface area is 176 Å². The molecule has 0 saturated heterocycles. The summed E-state index contributed by atoms with van der Waals surface area (Å²) in [7, 11) is 0. The van der Waals surface area contributed by atoms with Gasteiger partial charge in [0.15, 0.2) is 10.9 Å².